The van der Waals surface area contributed by atoms with Crippen LogP contribution in [0.2, 0.25) is 0 Å². The van der Waals surface area contributed by atoms with Crippen molar-refractivity contribution in [2.75, 3.05) is 52.5 Å². The number of hydrogen-bond donors (Lipinski definition) is 0. The molecule has 2 saturated heterocycles. The first-order valence-corrected chi connectivity index (χ1v) is 15.2. The zero-order valence-corrected chi connectivity index (χ0v) is 25.6. The molecule has 9 nitrogen and oxygen atoms in total. The van der Waals surface area contributed by atoms with Crippen LogP contribution >= 0.6 is 0 Å². The molecule has 0 radical (unpaired) electrons. The Hall–Kier alpha value is -2.16. The Balaban J connectivity index is 1.47. The fourth-order valence-corrected chi connectivity index (χ4v) is 5.38. The molecule has 0 aliphatic carbocycles. The van der Waals surface area contributed by atoms with Crippen molar-refractivity contribution in [3.05, 3.63) is 0 Å². The van der Waals surface area contributed by atoms with Crippen molar-refractivity contribution in [2.45, 2.75) is 106 Å². The number of rotatable bonds is 20. The molecule has 0 saturated carbocycles. The van der Waals surface area contributed by atoms with Crippen LogP contribution in [0, 0.1) is 10.8 Å². The summed E-state index contributed by atoms with van der Waals surface area (Å²) in [6, 6.07) is -0.284. The first-order chi connectivity index (χ1) is 18.4. The molecule has 6 amide bonds. The lowest BCUT2D eigenvalue weighted by molar-refractivity contribution is -0.126. The van der Waals surface area contributed by atoms with Gasteiger partial charge < -0.3 is 14.5 Å². The van der Waals surface area contributed by atoms with Gasteiger partial charge in [0.15, 0.2) is 0 Å². The van der Waals surface area contributed by atoms with E-state index in [0.717, 1.165) is 77.4 Å². The number of amides is 6. The summed E-state index contributed by atoms with van der Waals surface area (Å²) in [5, 5.41) is 0. The molecule has 2 aliphatic heterocycles. The van der Waals surface area contributed by atoms with Gasteiger partial charge in [-0.25, -0.2) is 9.59 Å². The van der Waals surface area contributed by atoms with E-state index in [4.69, 9.17) is 4.74 Å². The molecule has 224 valence electrons. The lowest BCUT2D eigenvalue weighted by Gasteiger charge is -2.27. The number of carbonyl (C=O) groups excluding carboxylic acids is 4. The van der Waals surface area contributed by atoms with Crippen LogP contribution in [0.3, 0.4) is 0 Å². The topological polar surface area (TPSA) is 90.5 Å². The van der Waals surface area contributed by atoms with E-state index in [2.05, 4.69) is 27.7 Å². The Morgan fingerprint density at radius 1 is 0.590 bits per heavy atom. The van der Waals surface area contributed by atoms with Gasteiger partial charge in [-0.2, -0.15) is 0 Å². The second-order valence-electron chi connectivity index (χ2n) is 12.7. The lowest BCUT2D eigenvalue weighted by Crippen LogP contribution is -2.35. The zero-order valence-electron chi connectivity index (χ0n) is 25.6. The van der Waals surface area contributed by atoms with Gasteiger partial charge in [-0.1, -0.05) is 47.0 Å². The van der Waals surface area contributed by atoms with Crippen LogP contribution in [0.4, 0.5) is 9.59 Å². The van der Waals surface area contributed by atoms with Crippen LogP contribution in [0.1, 0.15) is 106 Å². The average molecular weight is 551 g/mol. The summed E-state index contributed by atoms with van der Waals surface area (Å²) in [7, 11) is 0. The molecule has 39 heavy (non-hydrogen) atoms. The van der Waals surface area contributed by atoms with Crippen molar-refractivity contribution < 1.29 is 23.9 Å². The fraction of sp³-hybridized carbons (Fsp3) is 0.867. The van der Waals surface area contributed by atoms with Gasteiger partial charge in [-0.15, -0.1) is 0 Å². The molecule has 2 aliphatic rings. The third-order valence-electron chi connectivity index (χ3n) is 8.30. The van der Waals surface area contributed by atoms with Crippen molar-refractivity contribution in [3.8, 4) is 0 Å². The maximum Gasteiger partial charge on any atom is 0.327 e. The van der Waals surface area contributed by atoms with Crippen LogP contribution in [-0.4, -0.2) is 96.0 Å². The molecule has 2 fully saturated rings. The van der Waals surface area contributed by atoms with E-state index < -0.39 is 0 Å². The molecule has 0 aromatic heterocycles. The minimum Gasteiger partial charge on any atom is -0.381 e. The average Bonchev–Trinajstić information content (AvgIpc) is 3.32. The summed E-state index contributed by atoms with van der Waals surface area (Å²) in [5.41, 5.74) is 0.334. The van der Waals surface area contributed by atoms with Crippen molar-refractivity contribution in [1.82, 2.24) is 19.6 Å². The number of unbranched alkanes of at least 4 members (excludes halogenated alkanes) is 3. The highest BCUT2D eigenvalue weighted by molar-refractivity contribution is 6.02. The number of imide groups is 2. The maximum atomic E-state index is 12.3. The van der Waals surface area contributed by atoms with Crippen LogP contribution in [0.25, 0.3) is 0 Å². The highest BCUT2D eigenvalue weighted by Crippen LogP contribution is 2.30. The Labute approximate surface area is 236 Å². The molecule has 0 atom stereocenters. The number of hydrogen-bond acceptors (Lipinski definition) is 5. The van der Waals surface area contributed by atoms with Gasteiger partial charge in [0.05, 0.1) is 0 Å². The highest BCUT2D eigenvalue weighted by atomic mass is 16.5. The minimum atomic E-state index is -0.147. The van der Waals surface area contributed by atoms with Gasteiger partial charge in [0, 0.05) is 39.4 Å². The third kappa shape index (κ3) is 10.7. The number of urea groups is 2. The van der Waals surface area contributed by atoms with Crippen LogP contribution < -0.4 is 0 Å². The van der Waals surface area contributed by atoms with Crippen LogP contribution in [0.15, 0.2) is 0 Å². The molecule has 0 aromatic carbocycles. The Morgan fingerprint density at radius 3 is 1.44 bits per heavy atom. The van der Waals surface area contributed by atoms with Gasteiger partial charge in [-0.3, -0.25) is 19.4 Å². The van der Waals surface area contributed by atoms with E-state index in [1.807, 2.05) is 13.8 Å². The molecule has 0 bridgehead atoms. The number of likely N-dealkylation sites (N-methyl/N-ethyl adjacent to an activating group) is 2. The minimum absolute atomic E-state index is 0.0682. The molecule has 9 heteroatoms. The van der Waals surface area contributed by atoms with Crippen molar-refractivity contribution in [3.63, 3.8) is 0 Å². The predicted octanol–water partition coefficient (Wildman–Crippen LogP) is 5.52. The molecule has 0 N–H and O–H groups in total. The highest BCUT2D eigenvalue weighted by Gasteiger charge is 2.36. The van der Waals surface area contributed by atoms with E-state index in [1.54, 1.807) is 9.80 Å². The number of ether oxygens (including phenoxy) is 1. The van der Waals surface area contributed by atoms with Gasteiger partial charge in [0.1, 0.15) is 13.1 Å². The van der Waals surface area contributed by atoms with Crippen molar-refractivity contribution in [1.29, 1.82) is 0 Å². The predicted molar refractivity (Wildman–Crippen MR) is 153 cm³/mol. The van der Waals surface area contributed by atoms with E-state index in [0.29, 0.717) is 26.2 Å². The first kappa shape index (κ1) is 33.0. The summed E-state index contributed by atoms with van der Waals surface area (Å²) < 4.78 is 5.87. The Morgan fingerprint density at radius 2 is 1.00 bits per heavy atom. The summed E-state index contributed by atoms with van der Waals surface area (Å²) in [5.74, 6) is -0.146. The number of carbonyl (C=O) groups is 4. The molecular formula is C30H54N4O5. The summed E-state index contributed by atoms with van der Waals surface area (Å²) in [6.07, 6.45) is 10.3. The molecule has 0 aromatic rings. The molecule has 2 heterocycles. The van der Waals surface area contributed by atoms with Crippen LogP contribution in [-0.2, 0) is 14.3 Å². The monoisotopic (exact) mass is 550 g/mol. The van der Waals surface area contributed by atoms with Gasteiger partial charge >= 0.3 is 12.1 Å². The Bertz CT molecular complexity index is 828. The second kappa shape index (κ2) is 15.6. The second-order valence-corrected chi connectivity index (χ2v) is 12.7. The number of nitrogens with zero attached hydrogens (tertiary/aromatic N) is 4. The quantitative estimate of drug-likeness (QED) is 0.147. The van der Waals surface area contributed by atoms with Crippen molar-refractivity contribution >= 4 is 23.9 Å². The Kier molecular flexibility index (Phi) is 13.2. The van der Waals surface area contributed by atoms with Crippen LogP contribution in [0.5, 0.6) is 0 Å². The molecule has 2 rings (SSSR count). The third-order valence-corrected chi connectivity index (χ3v) is 8.30. The normalized spacial score (nSPS) is 17.0. The van der Waals surface area contributed by atoms with E-state index >= 15 is 0 Å². The smallest absolute Gasteiger partial charge is 0.327 e. The van der Waals surface area contributed by atoms with E-state index in [9.17, 15) is 19.2 Å². The van der Waals surface area contributed by atoms with E-state index in [-0.39, 0.29) is 47.8 Å². The zero-order chi connectivity index (χ0) is 29.1. The van der Waals surface area contributed by atoms with Gasteiger partial charge in [0.25, 0.3) is 0 Å². The van der Waals surface area contributed by atoms with Crippen molar-refractivity contribution in [2.24, 2.45) is 10.8 Å². The maximum absolute atomic E-state index is 12.3. The molecular weight excluding hydrogens is 496 g/mol. The summed E-state index contributed by atoms with van der Waals surface area (Å²) >= 11 is 0. The fourth-order valence-electron chi connectivity index (χ4n) is 5.38. The summed E-state index contributed by atoms with van der Waals surface area (Å²) in [4.78, 5) is 54.6. The summed E-state index contributed by atoms with van der Waals surface area (Å²) in [6.45, 7) is 17.0. The standard InChI is InChI=1S/C30H54N4O5/c1-7-31-23-25(35)33(27(31)37)19-12-9-15-29(3,4)16-10-13-21-39-22-14-11-17-30(5,6)18-20-34-26(36)24-32(8-2)28(34)38/h7-24H2,1-6H3. The molecule has 0 unspecified atom stereocenters. The largest absolute Gasteiger partial charge is 0.381 e. The van der Waals surface area contributed by atoms with Gasteiger partial charge in [-0.05, 0) is 69.6 Å². The van der Waals surface area contributed by atoms with E-state index in [1.165, 1.54) is 9.80 Å². The lowest BCUT2D eigenvalue weighted by atomic mass is 9.82. The molecule has 0 spiro atoms. The first-order valence-electron chi connectivity index (χ1n) is 15.2. The van der Waals surface area contributed by atoms with Gasteiger partial charge in [0.2, 0.25) is 11.8 Å². The SMILES string of the molecule is CCN1CC(=O)N(CCCCC(C)(C)CCCCOCCCCC(C)(C)CCN2C(=O)CN(CC)C2=O)C1=O.